The summed E-state index contributed by atoms with van der Waals surface area (Å²) in [5.41, 5.74) is 3.27. The number of likely N-dealkylation sites (tertiary alicyclic amines) is 1. The summed E-state index contributed by atoms with van der Waals surface area (Å²) in [6.07, 6.45) is 5.35. The zero-order valence-electron chi connectivity index (χ0n) is 19.1. The van der Waals surface area contributed by atoms with Gasteiger partial charge in [-0.05, 0) is 61.2 Å². The van der Waals surface area contributed by atoms with Gasteiger partial charge in [0.15, 0.2) is 0 Å². The average molecular weight is 445 g/mol. The second-order valence-electron chi connectivity index (χ2n) is 8.78. The number of aromatic amines is 1. The van der Waals surface area contributed by atoms with Gasteiger partial charge in [-0.1, -0.05) is 55.8 Å². The van der Waals surface area contributed by atoms with Crippen LogP contribution in [0.15, 0.2) is 71.7 Å². The largest absolute Gasteiger partial charge is 0.384 e. The highest BCUT2D eigenvalue weighted by molar-refractivity contribution is 6.07. The van der Waals surface area contributed by atoms with Crippen molar-refractivity contribution in [2.75, 3.05) is 30.3 Å². The number of piperidine rings is 1. The summed E-state index contributed by atoms with van der Waals surface area (Å²) in [4.78, 5) is 30.7. The lowest BCUT2D eigenvalue weighted by Crippen LogP contribution is -2.29. The van der Waals surface area contributed by atoms with Crippen LogP contribution in [0.4, 0.5) is 11.4 Å². The van der Waals surface area contributed by atoms with Crippen molar-refractivity contribution in [3.8, 4) is 0 Å². The van der Waals surface area contributed by atoms with Gasteiger partial charge < -0.3 is 15.6 Å². The van der Waals surface area contributed by atoms with Gasteiger partial charge in [0.05, 0.1) is 5.69 Å². The van der Waals surface area contributed by atoms with Crippen LogP contribution in [-0.2, 0) is 6.54 Å². The van der Waals surface area contributed by atoms with Crippen LogP contribution in [0.25, 0.3) is 0 Å². The van der Waals surface area contributed by atoms with Gasteiger partial charge in [-0.2, -0.15) is 0 Å². The highest BCUT2D eigenvalue weighted by Crippen LogP contribution is 2.20. The molecule has 3 N–H and O–H groups in total. The van der Waals surface area contributed by atoms with Gasteiger partial charge in [0.1, 0.15) is 5.56 Å². The molecule has 6 nitrogen and oxygen atoms in total. The van der Waals surface area contributed by atoms with Crippen LogP contribution in [0.1, 0.15) is 53.6 Å². The Morgan fingerprint density at radius 2 is 1.82 bits per heavy atom. The summed E-state index contributed by atoms with van der Waals surface area (Å²) in [5.74, 6) is -0.185. The fourth-order valence-electron chi connectivity index (χ4n) is 4.33. The van der Waals surface area contributed by atoms with E-state index in [9.17, 15) is 9.59 Å². The van der Waals surface area contributed by atoms with E-state index in [-0.39, 0.29) is 11.5 Å². The Labute approximate surface area is 195 Å². The van der Waals surface area contributed by atoms with Crippen LogP contribution in [-0.4, -0.2) is 35.4 Å². The third-order valence-corrected chi connectivity index (χ3v) is 6.19. The first-order chi connectivity index (χ1) is 16.1. The Kier molecular flexibility index (Phi) is 7.58. The van der Waals surface area contributed by atoms with Crippen molar-refractivity contribution in [2.24, 2.45) is 0 Å². The van der Waals surface area contributed by atoms with E-state index in [1.165, 1.54) is 24.8 Å². The molecule has 2 heterocycles. The molecule has 0 radical (unpaired) electrons. The first kappa shape index (κ1) is 22.8. The van der Waals surface area contributed by atoms with Crippen LogP contribution in [0.2, 0.25) is 0 Å². The lowest BCUT2D eigenvalue weighted by Gasteiger charge is -2.26. The number of aromatic nitrogens is 1. The maximum atomic E-state index is 13.1. The number of anilines is 2. The predicted octanol–water partition coefficient (Wildman–Crippen LogP) is 4.83. The lowest BCUT2D eigenvalue weighted by atomic mass is 10.0. The first-order valence-electron chi connectivity index (χ1n) is 11.7. The topological polar surface area (TPSA) is 77.2 Å². The van der Waals surface area contributed by atoms with Gasteiger partial charge >= 0.3 is 0 Å². The molecule has 1 amide bonds. The third kappa shape index (κ3) is 6.11. The van der Waals surface area contributed by atoms with E-state index in [1.54, 1.807) is 12.3 Å². The van der Waals surface area contributed by atoms with Crippen molar-refractivity contribution in [3.63, 3.8) is 0 Å². The molecule has 0 spiro atoms. The van der Waals surface area contributed by atoms with Crippen LogP contribution in [0.5, 0.6) is 0 Å². The molecule has 0 saturated carbocycles. The Bertz CT molecular complexity index is 1120. The molecule has 3 aromatic rings. The summed E-state index contributed by atoms with van der Waals surface area (Å²) in [6, 6.07) is 19.8. The van der Waals surface area contributed by atoms with Gasteiger partial charge in [-0.25, -0.2) is 0 Å². The zero-order chi connectivity index (χ0) is 23.0. The molecule has 1 atom stereocenters. The molecule has 1 aromatic heterocycles. The minimum absolute atomic E-state index is 0.0965. The molecule has 2 aromatic carbocycles. The minimum Gasteiger partial charge on any atom is -0.384 e. The number of nitrogens with one attached hydrogen (secondary N) is 3. The van der Waals surface area contributed by atoms with Gasteiger partial charge in [0.2, 0.25) is 0 Å². The number of rotatable bonds is 8. The standard InChI is InChI=1S/C27H32N4O2/c1-20(22-10-4-2-5-11-22)18-29-24-13-14-28-26(32)25(24)27(33)30-23-12-8-9-21(17-23)19-31-15-6-3-7-16-31/h2,4-5,8-14,17,20H,3,6-7,15-16,18-19H2,1H3,(H,30,33)(H2,28,29,32). The Hall–Kier alpha value is -3.38. The van der Waals surface area contributed by atoms with Crippen molar-refractivity contribution in [3.05, 3.63) is 93.9 Å². The molecule has 172 valence electrons. The number of benzene rings is 2. The van der Waals surface area contributed by atoms with Crippen molar-refractivity contribution in [1.29, 1.82) is 0 Å². The van der Waals surface area contributed by atoms with Crippen LogP contribution in [0, 0.1) is 0 Å². The van der Waals surface area contributed by atoms with E-state index in [0.29, 0.717) is 17.9 Å². The minimum atomic E-state index is -0.415. The fraction of sp³-hybridized carbons (Fsp3) is 0.333. The van der Waals surface area contributed by atoms with Gasteiger partial charge in [0, 0.05) is 25.0 Å². The number of hydrogen-bond acceptors (Lipinski definition) is 4. The second-order valence-corrected chi connectivity index (χ2v) is 8.78. The molecule has 1 aliphatic heterocycles. The van der Waals surface area contributed by atoms with Crippen LogP contribution in [0.3, 0.4) is 0 Å². The molecule has 33 heavy (non-hydrogen) atoms. The molecule has 1 unspecified atom stereocenters. The predicted molar refractivity (Wildman–Crippen MR) is 134 cm³/mol. The zero-order valence-corrected chi connectivity index (χ0v) is 19.1. The molecular formula is C27H32N4O2. The second kappa shape index (κ2) is 11.0. The molecule has 4 rings (SSSR count). The Morgan fingerprint density at radius 1 is 1.03 bits per heavy atom. The smallest absolute Gasteiger partial charge is 0.263 e. The molecule has 1 fully saturated rings. The summed E-state index contributed by atoms with van der Waals surface area (Å²) in [5, 5.41) is 6.22. The molecule has 0 aliphatic carbocycles. The monoisotopic (exact) mass is 444 g/mol. The van der Waals surface area contributed by atoms with Gasteiger partial charge in [-0.15, -0.1) is 0 Å². The number of hydrogen-bond donors (Lipinski definition) is 3. The first-order valence-corrected chi connectivity index (χ1v) is 11.7. The number of pyridine rings is 1. The van der Waals surface area contributed by atoms with Gasteiger partial charge in [0.25, 0.3) is 11.5 Å². The van der Waals surface area contributed by atoms with Crippen LogP contribution < -0.4 is 16.2 Å². The summed E-state index contributed by atoms with van der Waals surface area (Å²) >= 11 is 0. The number of H-pyrrole nitrogens is 1. The van der Waals surface area contributed by atoms with E-state index in [0.717, 1.165) is 25.2 Å². The van der Waals surface area contributed by atoms with Crippen molar-refractivity contribution in [1.82, 2.24) is 9.88 Å². The Morgan fingerprint density at radius 3 is 2.61 bits per heavy atom. The number of amides is 1. The van der Waals surface area contributed by atoms with Gasteiger partial charge in [-0.3, -0.25) is 14.5 Å². The maximum Gasteiger partial charge on any atom is 0.263 e. The normalized spacial score (nSPS) is 15.1. The van der Waals surface area contributed by atoms with E-state index < -0.39 is 11.5 Å². The number of nitrogens with zero attached hydrogens (tertiary/aromatic N) is 1. The average Bonchev–Trinajstić information content (AvgIpc) is 2.84. The quantitative estimate of drug-likeness (QED) is 0.465. The third-order valence-electron chi connectivity index (χ3n) is 6.19. The fourth-order valence-corrected chi connectivity index (χ4v) is 4.33. The van der Waals surface area contributed by atoms with Crippen molar-refractivity contribution < 1.29 is 4.79 Å². The van der Waals surface area contributed by atoms with Crippen LogP contribution >= 0.6 is 0 Å². The number of carbonyl (C=O) groups excluding carboxylic acids is 1. The lowest BCUT2D eigenvalue weighted by molar-refractivity contribution is 0.102. The van der Waals surface area contributed by atoms with E-state index in [1.807, 2.05) is 36.4 Å². The highest BCUT2D eigenvalue weighted by atomic mass is 16.2. The molecule has 1 saturated heterocycles. The summed E-state index contributed by atoms with van der Waals surface area (Å²) < 4.78 is 0. The molecule has 6 heteroatoms. The molecular weight excluding hydrogens is 412 g/mol. The summed E-state index contributed by atoms with van der Waals surface area (Å²) in [7, 11) is 0. The van der Waals surface area contributed by atoms with E-state index in [4.69, 9.17) is 0 Å². The summed E-state index contributed by atoms with van der Waals surface area (Å²) in [6.45, 7) is 5.83. The SMILES string of the molecule is CC(CNc1cc[nH]c(=O)c1C(=O)Nc1cccc(CN2CCCCC2)c1)c1ccccc1. The van der Waals surface area contributed by atoms with Crippen molar-refractivity contribution in [2.45, 2.75) is 38.6 Å². The van der Waals surface area contributed by atoms with E-state index in [2.05, 4.69) is 45.6 Å². The van der Waals surface area contributed by atoms with Crippen molar-refractivity contribution >= 4 is 17.3 Å². The maximum absolute atomic E-state index is 13.1. The highest BCUT2D eigenvalue weighted by Gasteiger charge is 2.18. The van der Waals surface area contributed by atoms with E-state index >= 15 is 0 Å². The Balaban J connectivity index is 1.45. The molecule has 1 aliphatic rings. The number of carbonyl (C=O) groups is 1. The molecule has 0 bridgehead atoms.